The zero-order chi connectivity index (χ0) is 88.9. The molecular formula is C71H96N26O23. The van der Waals surface area contributed by atoms with Gasteiger partial charge in [0.2, 0.25) is 65.1 Å². The summed E-state index contributed by atoms with van der Waals surface area (Å²) in [4.78, 5) is 221. The van der Waals surface area contributed by atoms with Crippen molar-refractivity contribution in [3.63, 3.8) is 0 Å². The molecule has 6 aromatic rings. The first-order valence-corrected chi connectivity index (χ1v) is 37.0. The fourth-order valence-electron chi connectivity index (χ4n) is 12.1. The molecule has 648 valence electrons. The normalized spacial score (nSPS) is 12.8. The van der Waals surface area contributed by atoms with Crippen molar-refractivity contribution in [1.29, 1.82) is 10.8 Å². The Kier molecular flexibility index (Phi) is 34.7. The molecule has 120 heavy (non-hydrogen) atoms. The van der Waals surface area contributed by atoms with Crippen molar-refractivity contribution in [3.05, 3.63) is 82.5 Å². The first-order chi connectivity index (χ1) is 56.7. The Morgan fingerprint density at radius 2 is 0.792 bits per heavy atom. The molecule has 0 aliphatic rings. The zero-order valence-electron chi connectivity index (χ0n) is 65.9. The maximum atomic E-state index is 14.3. The monoisotopic (exact) mass is 1680 g/mol. The Bertz CT molecular complexity index is 4930. The van der Waals surface area contributed by atoms with Crippen molar-refractivity contribution < 1.29 is 112 Å². The van der Waals surface area contributed by atoms with Crippen molar-refractivity contribution in [2.24, 2.45) is 22.9 Å². The number of nitrogens with two attached hydrogens (primary N) is 4. The van der Waals surface area contributed by atoms with Gasteiger partial charge in [0.25, 0.3) is 11.8 Å². The van der Waals surface area contributed by atoms with Crippen LogP contribution >= 0.6 is 0 Å². The van der Waals surface area contributed by atoms with Gasteiger partial charge in [0.15, 0.2) is 11.9 Å². The number of ether oxygens (including phenoxy) is 2. The van der Waals surface area contributed by atoms with Gasteiger partial charge < -0.3 is 120 Å². The number of likely N-dealkylation sites (N-methyl/N-ethyl adjacent to an activating group) is 1. The topological polar surface area (TPSA) is 760 Å². The molecule has 0 saturated carbocycles. The standard InChI is InChI=1S/C71H96N26O23/c1-7-96-46(22-33(3)92-96)66(117)90-70-88-39-24-35(57(72)108)26-48(119-6)55(39)94(70)19-9-10-20-95-56-40(89-71(95)91-67(118)47-23-34(4)93-97(47)8-2)25-36(58(73)109)27-49(56)120-21-13-18-79-59(110)41(28-50(98)99)83-63(114)44(31-53(104)105)85-61(112)38(15-12-17-81-69(76)77)82-62(113)42(29-51(100)101)86-65(116)45(32-54(106)107)87-64(115)43(30-52(102)103)84-60(111)37(78-5)14-11-16-80-68(74)75/h9-10,22-27,37-38,41-45,78H,7-8,11-21,28-32H2,1-6H3,(H2,72,108)(H2,73,109)(H,79,110)(H,82,113)(H,83,114)(H,84,111)(H,85,112)(H,86,116)(H,87,115)(H,98,99)(H,100,101)(H,102,103)(H,104,105)(H,106,107)(H4,74,75,80)(H4,76,77,81)(H,88,90,117)(H,89,91,118)/b10-9+/t37-,38-,41-,42-,43-,44-,45-/m0/s1. The maximum Gasteiger partial charge on any atom is 0.305 e. The van der Waals surface area contributed by atoms with Gasteiger partial charge in [-0.05, 0) is 103 Å². The van der Waals surface area contributed by atoms with Crippen LogP contribution in [0.1, 0.15) is 131 Å². The Hall–Kier alpha value is -14.8. The van der Waals surface area contributed by atoms with Crippen LogP contribution in [0.2, 0.25) is 0 Å². The van der Waals surface area contributed by atoms with E-state index in [0.717, 1.165) is 0 Å². The predicted molar refractivity (Wildman–Crippen MR) is 420 cm³/mol. The number of nitrogens with one attached hydrogen (secondary N) is 14. The molecule has 7 atom stereocenters. The molecule has 27 N–H and O–H groups in total. The SMILES string of the molecule is CCn1nc(C)cc1C(=O)Nc1nc2cc(C(N)=O)cc(OC)c2n1C/C=C/Cn1c(NC(=O)c2cc(C)nn2CC)nc2cc(C(N)=O)cc(OCCCNC(=O)[C@H](CC(=O)O)NC(=O)[C@H](CC(=O)O)NC(=O)[C@H](CCCNC(=N)N)NC(=O)[C@H](CC(=O)O)NC(=O)[C@H](CC(=O)O)NC(=O)[C@H](CC(=O)O)NC(=O)[C@H](CCCNC(=N)N)NC)c21. The number of aliphatic carboxylic acids is 5. The lowest BCUT2D eigenvalue weighted by Crippen LogP contribution is -2.60. The molecule has 0 bridgehead atoms. The molecule has 6 rings (SSSR count). The summed E-state index contributed by atoms with van der Waals surface area (Å²) >= 11 is 0. The number of carboxylic acid groups (broad SMARTS) is 5. The third-order valence-corrected chi connectivity index (χ3v) is 17.7. The summed E-state index contributed by atoms with van der Waals surface area (Å²) in [5, 5.41) is 101. The number of fused-ring (bicyclic) bond motifs is 2. The molecule has 11 amide bonds. The van der Waals surface area contributed by atoms with E-state index in [4.69, 9.17) is 43.2 Å². The van der Waals surface area contributed by atoms with E-state index in [-0.39, 0.29) is 133 Å². The molecule has 0 fully saturated rings. The van der Waals surface area contributed by atoms with Crippen LogP contribution in [0.4, 0.5) is 11.9 Å². The minimum Gasteiger partial charge on any atom is -0.494 e. The minimum absolute atomic E-state index is 0.0224. The van der Waals surface area contributed by atoms with Crippen LogP contribution in [-0.4, -0.2) is 254 Å². The highest BCUT2D eigenvalue weighted by atomic mass is 16.5. The average Bonchev–Trinajstić information content (AvgIpc) is 1.62. The summed E-state index contributed by atoms with van der Waals surface area (Å²) in [7, 11) is 2.72. The van der Waals surface area contributed by atoms with Crippen LogP contribution in [0.25, 0.3) is 22.1 Å². The molecular weight excluding hydrogens is 1580 g/mol. The van der Waals surface area contributed by atoms with Crippen molar-refractivity contribution >= 4 is 141 Å². The van der Waals surface area contributed by atoms with E-state index in [1.165, 1.54) is 52.4 Å². The number of primary amides is 2. The van der Waals surface area contributed by atoms with E-state index >= 15 is 0 Å². The van der Waals surface area contributed by atoms with E-state index in [1.54, 1.807) is 56.5 Å². The fourth-order valence-corrected chi connectivity index (χ4v) is 12.1. The summed E-state index contributed by atoms with van der Waals surface area (Å²) < 4.78 is 18.0. The Morgan fingerprint density at radius 3 is 1.14 bits per heavy atom. The van der Waals surface area contributed by atoms with Crippen molar-refractivity contribution in [3.8, 4) is 11.5 Å². The van der Waals surface area contributed by atoms with Crippen molar-refractivity contribution in [1.82, 2.24) is 91.8 Å². The van der Waals surface area contributed by atoms with Crippen LogP contribution in [-0.2, 0) is 83.7 Å². The molecule has 4 heterocycles. The number of hydrogen-bond acceptors (Lipinski definition) is 25. The number of aromatic nitrogens is 8. The largest absolute Gasteiger partial charge is 0.494 e. The van der Waals surface area contributed by atoms with Crippen LogP contribution in [0, 0.1) is 24.7 Å². The lowest BCUT2D eigenvalue weighted by Gasteiger charge is -2.27. The van der Waals surface area contributed by atoms with Gasteiger partial charge in [-0.3, -0.25) is 108 Å². The Balaban J connectivity index is 1.22. The van der Waals surface area contributed by atoms with Crippen LogP contribution < -0.4 is 96.2 Å². The fraction of sp³-hybridized carbons (Fsp3) is 0.437. The number of rotatable bonds is 50. The van der Waals surface area contributed by atoms with Gasteiger partial charge in [-0.1, -0.05) is 12.2 Å². The lowest BCUT2D eigenvalue weighted by atomic mass is 10.1. The van der Waals surface area contributed by atoms with Gasteiger partial charge >= 0.3 is 29.8 Å². The summed E-state index contributed by atoms with van der Waals surface area (Å²) in [5.74, 6) is -22.1. The minimum atomic E-state index is -2.28. The van der Waals surface area contributed by atoms with Crippen molar-refractivity contribution in [2.45, 2.75) is 160 Å². The predicted octanol–water partition coefficient (Wildman–Crippen LogP) is -4.32. The molecule has 0 aliphatic carbocycles. The van der Waals surface area contributed by atoms with Gasteiger partial charge in [-0.15, -0.1) is 0 Å². The van der Waals surface area contributed by atoms with E-state index in [1.807, 2.05) is 10.6 Å². The van der Waals surface area contributed by atoms with E-state index in [9.17, 15) is 102 Å². The number of allylic oxidation sites excluding steroid dienone is 2. The molecule has 0 spiro atoms. The number of carbonyl (C=O) groups is 16. The summed E-state index contributed by atoms with van der Waals surface area (Å²) in [6.45, 7) is 6.70. The lowest BCUT2D eigenvalue weighted by molar-refractivity contribution is -0.144. The Morgan fingerprint density at radius 1 is 0.458 bits per heavy atom. The van der Waals surface area contributed by atoms with E-state index < -0.39 is 182 Å². The molecule has 0 unspecified atom stereocenters. The van der Waals surface area contributed by atoms with Crippen LogP contribution in [0.15, 0.2) is 48.6 Å². The third-order valence-electron chi connectivity index (χ3n) is 17.7. The van der Waals surface area contributed by atoms with Gasteiger partial charge in [-0.25, -0.2) is 9.97 Å². The van der Waals surface area contributed by atoms with Crippen LogP contribution in [0.3, 0.4) is 0 Å². The van der Waals surface area contributed by atoms with Crippen LogP contribution in [0.5, 0.6) is 11.5 Å². The van der Waals surface area contributed by atoms with E-state index in [2.05, 4.69) is 73.3 Å². The summed E-state index contributed by atoms with van der Waals surface area (Å²) in [5.41, 5.74) is 24.4. The van der Waals surface area contributed by atoms with E-state index in [0.29, 0.717) is 30.0 Å². The number of carboxylic acids is 5. The highest BCUT2D eigenvalue weighted by Crippen LogP contribution is 2.34. The number of aryl methyl sites for hydroxylation is 4. The number of carbonyl (C=O) groups excluding carboxylic acids is 11. The number of hydrogen-bond donors (Lipinski definition) is 23. The molecule has 4 aromatic heterocycles. The van der Waals surface area contributed by atoms with Crippen molar-refractivity contribution in [2.75, 3.05) is 51.0 Å². The highest BCUT2D eigenvalue weighted by Gasteiger charge is 2.38. The number of guanidine groups is 2. The molecule has 49 heteroatoms. The third kappa shape index (κ3) is 27.4. The van der Waals surface area contributed by atoms with Gasteiger partial charge in [-0.2, -0.15) is 10.2 Å². The molecule has 2 aromatic carbocycles. The second-order valence-corrected chi connectivity index (χ2v) is 26.7. The average molecular weight is 1680 g/mol. The highest BCUT2D eigenvalue weighted by molar-refractivity contribution is 6.07. The number of imidazole rings is 2. The second kappa shape index (κ2) is 44.3. The number of benzene rings is 2. The number of methoxy groups -OCH3 is 1. The first kappa shape index (κ1) is 94.0. The van der Waals surface area contributed by atoms with Gasteiger partial charge in [0, 0.05) is 56.9 Å². The molecule has 0 aliphatic heterocycles. The summed E-state index contributed by atoms with van der Waals surface area (Å²) in [6, 6.07) is -5.21. The maximum absolute atomic E-state index is 14.3. The number of anilines is 2. The molecule has 0 radical (unpaired) electrons. The quantitative estimate of drug-likeness (QED) is 0.00743. The second-order valence-electron chi connectivity index (χ2n) is 26.7. The summed E-state index contributed by atoms with van der Waals surface area (Å²) in [6.07, 6.45) is -3.52. The Labute approximate surface area is 680 Å². The molecule has 49 nitrogen and oxygen atoms in total. The molecule has 0 saturated heterocycles. The zero-order valence-corrected chi connectivity index (χ0v) is 65.9. The smallest absolute Gasteiger partial charge is 0.305 e. The number of nitrogens with zero attached hydrogens (tertiary/aromatic N) is 8. The first-order valence-electron chi connectivity index (χ1n) is 37.0. The number of amides is 11. The van der Waals surface area contributed by atoms with Gasteiger partial charge in [0.1, 0.15) is 70.2 Å². The van der Waals surface area contributed by atoms with Gasteiger partial charge in [0.05, 0.1) is 74.3 Å².